The van der Waals surface area contributed by atoms with Crippen molar-refractivity contribution in [2.45, 2.75) is 70.1 Å². The summed E-state index contributed by atoms with van der Waals surface area (Å²) in [5, 5.41) is 4.43. The molecule has 2 amide bonds. The second-order valence-electron chi connectivity index (χ2n) is 11.0. The van der Waals surface area contributed by atoms with Crippen molar-refractivity contribution >= 4 is 22.8 Å². The van der Waals surface area contributed by atoms with Crippen LogP contribution in [0.4, 0.5) is 4.79 Å². The number of piperazine rings is 1. The third-order valence-electron chi connectivity index (χ3n) is 8.70. The molecule has 7 heteroatoms. The summed E-state index contributed by atoms with van der Waals surface area (Å²) >= 11 is 0. The topological polar surface area (TPSA) is 65.1 Å². The lowest BCUT2D eigenvalue weighted by molar-refractivity contribution is -0.142. The van der Waals surface area contributed by atoms with Gasteiger partial charge in [-0.25, -0.2) is 9.80 Å². The first-order chi connectivity index (χ1) is 17.0. The summed E-state index contributed by atoms with van der Waals surface area (Å²) in [4.78, 5) is 30.2. The summed E-state index contributed by atoms with van der Waals surface area (Å²) in [6.07, 6.45) is 5.28. The molecule has 2 heterocycles. The zero-order chi connectivity index (χ0) is 24.1. The summed E-state index contributed by atoms with van der Waals surface area (Å²) in [7, 11) is 0. The number of hydrogen-bond acceptors (Lipinski definition) is 5. The lowest BCUT2D eigenvalue weighted by atomic mass is 9.73. The Kier molecular flexibility index (Phi) is 5.93. The van der Waals surface area contributed by atoms with E-state index in [4.69, 9.17) is 4.74 Å². The predicted molar refractivity (Wildman–Crippen MR) is 135 cm³/mol. The highest BCUT2D eigenvalue weighted by Gasteiger charge is 2.49. The van der Waals surface area contributed by atoms with Crippen LogP contribution in [0.3, 0.4) is 0 Å². The molecule has 0 radical (unpaired) electrons. The number of nitrogens with one attached hydrogen (secondary N) is 1. The highest BCUT2D eigenvalue weighted by Crippen LogP contribution is 2.41. The molecule has 2 saturated carbocycles. The first-order valence-electron chi connectivity index (χ1n) is 13.2. The van der Waals surface area contributed by atoms with Gasteiger partial charge in [0.15, 0.2) is 0 Å². The molecular weight excluding hydrogens is 440 g/mol. The van der Waals surface area contributed by atoms with Gasteiger partial charge < -0.3 is 14.5 Å². The Morgan fingerprint density at radius 2 is 1.74 bits per heavy atom. The van der Waals surface area contributed by atoms with E-state index in [1.54, 1.807) is 6.92 Å². The molecular formula is C28H36N4O3. The van der Waals surface area contributed by atoms with E-state index >= 15 is 0 Å². The molecule has 0 aromatic heterocycles. The monoisotopic (exact) mass is 476 g/mol. The maximum atomic E-state index is 13.6. The largest absolute Gasteiger partial charge is 0.415 e. The lowest BCUT2D eigenvalue weighted by Crippen LogP contribution is -2.67. The number of carbonyl (C=O) groups excluding carboxylic acids is 2. The van der Waals surface area contributed by atoms with Gasteiger partial charge in [0.2, 0.25) is 5.91 Å². The minimum Gasteiger partial charge on any atom is -0.410 e. The number of amides is 2. The fourth-order valence-corrected chi connectivity index (χ4v) is 6.87. The van der Waals surface area contributed by atoms with Crippen LogP contribution in [0, 0.1) is 11.8 Å². The number of carbonyl (C=O) groups is 2. The van der Waals surface area contributed by atoms with Gasteiger partial charge in [-0.05, 0) is 62.3 Å². The number of rotatable bonds is 3. The zero-order valence-electron chi connectivity index (χ0n) is 20.7. The van der Waals surface area contributed by atoms with Crippen molar-refractivity contribution in [3.05, 3.63) is 42.5 Å². The molecule has 5 atom stereocenters. The van der Waals surface area contributed by atoms with Gasteiger partial charge in [0, 0.05) is 44.0 Å². The molecule has 0 spiro atoms. The lowest BCUT2D eigenvalue weighted by Gasteiger charge is -2.54. The highest BCUT2D eigenvalue weighted by atomic mass is 16.6. The van der Waals surface area contributed by atoms with Crippen molar-refractivity contribution in [1.82, 2.24) is 20.2 Å². The molecule has 2 aliphatic carbocycles. The van der Waals surface area contributed by atoms with Crippen LogP contribution in [0.2, 0.25) is 0 Å². The number of benzene rings is 2. The van der Waals surface area contributed by atoms with E-state index in [0.717, 1.165) is 43.1 Å². The van der Waals surface area contributed by atoms with Crippen molar-refractivity contribution < 1.29 is 14.3 Å². The molecule has 6 rings (SSSR count). The van der Waals surface area contributed by atoms with Gasteiger partial charge in [0.25, 0.3) is 0 Å². The predicted octanol–water partition coefficient (Wildman–Crippen LogP) is 4.03. The Morgan fingerprint density at radius 1 is 0.943 bits per heavy atom. The Balaban J connectivity index is 1.24. The number of ether oxygens (including phenoxy) is 1. The van der Waals surface area contributed by atoms with Crippen LogP contribution >= 0.6 is 0 Å². The summed E-state index contributed by atoms with van der Waals surface area (Å²) in [5.41, 5.74) is 3.62. The van der Waals surface area contributed by atoms with Gasteiger partial charge in [-0.1, -0.05) is 36.4 Å². The van der Waals surface area contributed by atoms with Crippen LogP contribution in [0.25, 0.3) is 10.8 Å². The van der Waals surface area contributed by atoms with Crippen LogP contribution in [-0.4, -0.2) is 70.6 Å². The van der Waals surface area contributed by atoms with E-state index in [2.05, 4.69) is 17.4 Å². The second kappa shape index (κ2) is 9.10. The number of fused-ring (bicyclic) bond motifs is 2. The highest BCUT2D eigenvalue weighted by molar-refractivity contribution is 5.90. The maximum absolute atomic E-state index is 13.6. The molecule has 1 N–H and O–H groups in total. The van der Waals surface area contributed by atoms with E-state index in [1.165, 1.54) is 12.8 Å². The maximum Gasteiger partial charge on any atom is 0.415 e. The van der Waals surface area contributed by atoms with Crippen molar-refractivity contribution in [2.75, 3.05) is 19.6 Å². The minimum atomic E-state index is -0.295. The molecule has 0 bridgehead atoms. The van der Waals surface area contributed by atoms with Crippen LogP contribution < -0.4 is 10.2 Å². The van der Waals surface area contributed by atoms with Gasteiger partial charge in [0.05, 0.1) is 12.1 Å². The summed E-state index contributed by atoms with van der Waals surface area (Å²) in [5.74, 6) is 1.84. The quantitative estimate of drug-likeness (QED) is 0.725. The Hall–Kier alpha value is -2.64. The molecule has 4 fully saturated rings. The van der Waals surface area contributed by atoms with Gasteiger partial charge in [-0.15, -0.1) is 0 Å². The smallest absolute Gasteiger partial charge is 0.410 e. The Labute approximate surface area is 207 Å². The SMILES string of the molecule is CC(=O)N1C2CCC(C3CNN(C4CC4)C3)CC2N(C(=O)Oc2cccc3ccccc23)C[C@@H]1C. The van der Waals surface area contributed by atoms with E-state index in [0.29, 0.717) is 30.2 Å². The molecule has 4 aliphatic rings. The molecule has 2 aromatic carbocycles. The molecule has 35 heavy (non-hydrogen) atoms. The first kappa shape index (κ1) is 22.8. The molecule has 2 aliphatic heterocycles. The molecule has 4 unspecified atom stereocenters. The van der Waals surface area contributed by atoms with Crippen LogP contribution in [0.5, 0.6) is 5.75 Å². The average molecular weight is 477 g/mol. The Bertz CT molecular complexity index is 1110. The molecule has 2 saturated heterocycles. The number of hydrazine groups is 1. The summed E-state index contributed by atoms with van der Waals surface area (Å²) in [6.45, 7) is 6.34. The van der Waals surface area contributed by atoms with Gasteiger partial charge in [0.1, 0.15) is 5.75 Å². The van der Waals surface area contributed by atoms with E-state index in [-0.39, 0.29) is 30.1 Å². The third-order valence-corrected chi connectivity index (χ3v) is 8.70. The van der Waals surface area contributed by atoms with E-state index in [1.807, 2.05) is 52.3 Å². The van der Waals surface area contributed by atoms with Crippen LogP contribution in [-0.2, 0) is 4.79 Å². The van der Waals surface area contributed by atoms with Crippen LogP contribution in [0.1, 0.15) is 46.0 Å². The summed E-state index contributed by atoms with van der Waals surface area (Å²) < 4.78 is 6.04. The molecule has 2 aromatic rings. The van der Waals surface area contributed by atoms with E-state index < -0.39 is 0 Å². The Morgan fingerprint density at radius 3 is 2.54 bits per heavy atom. The fourth-order valence-electron chi connectivity index (χ4n) is 6.87. The van der Waals surface area contributed by atoms with Crippen molar-refractivity contribution in [3.63, 3.8) is 0 Å². The number of nitrogens with zero attached hydrogens (tertiary/aromatic N) is 3. The third kappa shape index (κ3) is 4.29. The fraction of sp³-hybridized carbons (Fsp3) is 0.571. The minimum absolute atomic E-state index is 0.00805. The van der Waals surface area contributed by atoms with Crippen molar-refractivity contribution in [1.29, 1.82) is 0 Å². The molecule has 7 nitrogen and oxygen atoms in total. The van der Waals surface area contributed by atoms with Crippen LogP contribution in [0.15, 0.2) is 42.5 Å². The second-order valence-corrected chi connectivity index (χ2v) is 11.0. The van der Waals surface area contributed by atoms with Gasteiger partial charge in [-0.2, -0.15) is 0 Å². The van der Waals surface area contributed by atoms with Crippen molar-refractivity contribution in [2.24, 2.45) is 11.8 Å². The van der Waals surface area contributed by atoms with Crippen molar-refractivity contribution in [3.8, 4) is 5.75 Å². The first-order valence-corrected chi connectivity index (χ1v) is 13.2. The van der Waals surface area contributed by atoms with Gasteiger partial charge in [-0.3, -0.25) is 10.2 Å². The number of hydrogen-bond donors (Lipinski definition) is 1. The van der Waals surface area contributed by atoms with E-state index in [9.17, 15) is 9.59 Å². The summed E-state index contributed by atoms with van der Waals surface area (Å²) in [6, 6.07) is 14.6. The zero-order valence-corrected chi connectivity index (χ0v) is 20.7. The molecule has 186 valence electrons. The average Bonchev–Trinajstić information content (AvgIpc) is 3.59. The normalized spacial score (nSPS) is 31.4. The van der Waals surface area contributed by atoms with Gasteiger partial charge >= 0.3 is 6.09 Å². The standard InChI is InChI=1S/C28H36N4O3/c1-18-16-30(28(34)35-27-9-5-7-20-6-3-4-8-24(20)27)26-14-21(10-13-25(26)32(18)19(2)33)22-15-29-31(17-22)23-11-12-23/h3-9,18,21-23,25-26,29H,10-17H2,1-2H3/t18-,21?,22?,25?,26?/m0/s1.